The van der Waals surface area contributed by atoms with E-state index in [1.807, 2.05) is 24.6 Å². The van der Waals surface area contributed by atoms with Gasteiger partial charge in [0.25, 0.3) is 5.91 Å². The molecule has 5 nitrogen and oxygen atoms in total. The minimum Gasteiger partial charge on any atom is -0.454 e. The predicted octanol–water partition coefficient (Wildman–Crippen LogP) is 4.85. The van der Waals surface area contributed by atoms with E-state index >= 15 is 0 Å². The number of furan rings is 1. The van der Waals surface area contributed by atoms with Crippen LogP contribution in [0.1, 0.15) is 66.2 Å². The summed E-state index contributed by atoms with van der Waals surface area (Å²) in [5.41, 5.74) is 2.36. The highest BCUT2D eigenvalue weighted by Crippen LogP contribution is 2.59. The normalized spacial score (nSPS) is 30.8. The molecule has 2 aromatic heterocycles. The number of hydrogen-bond donors (Lipinski definition) is 1. The lowest BCUT2D eigenvalue weighted by Crippen LogP contribution is -2.51. The molecule has 6 heteroatoms. The van der Waals surface area contributed by atoms with Crippen molar-refractivity contribution < 1.29 is 9.21 Å². The van der Waals surface area contributed by atoms with Crippen LogP contribution in [-0.4, -0.2) is 22.2 Å². The van der Waals surface area contributed by atoms with Crippen molar-refractivity contribution in [2.45, 2.75) is 58.9 Å². The Labute approximate surface area is 174 Å². The van der Waals surface area contributed by atoms with E-state index in [9.17, 15) is 4.79 Å². The summed E-state index contributed by atoms with van der Waals surface area (Å²) in [5.74, 6) is 3.77. The minimum absolute atomic E-state index is 0.0865. The Bertz CT molecular complexity index is 878. The Hall–Kier alpha value is -1.56. The first kappa shape index (κ1) is 18.5. The second-order valence-electron chi connectivity index (χ2n) is 9.51. The lowest BCUT2D eigenvalue weighted by molar-refractivity contribution is -0.0504. The number of rotatable bonds is 5. The van der Waals surface area contributed by atoms with Crippen LogP contribution in [0.3, 0.4) is 0 Å². The molecule has 0 unspecified atom stereocenters. The van der Waals surface area contributed by atoms with Gasteiger partial charge in [-0.25, -0.2) is 0 Å². The van der Waals surface area contributed by atoms with E-state index in [0.29, 0.717) is 17.7 Å². The molecule has 150 valence electrons. The van der Waals surface area contributed by atoms with Crippen LogP contribution in [0.2, 0.25) is 0 Å². The van der Waals surface area contributed by atoms with E-state index in [1.165, 1.54) is 38.5 Å². The van der Waals surface area contributed by atoms with Gasteiger partial charge in [0, 0.05) is 6.54 Å². The van der Waals surface area contributed by atoms with Crippen molar-refractivity contribution in [3.05, 3.63) is 39.5 Å². The third-order valence-corrected chi connectivity index (χ3v) is 8.42. The van der Waals surface area contributed by atoms with Crippen molar-refractivity contribution in [3.8, 4) is 0 Å². The Kier molecular flexibility index (Phi) is 4.45. The highest BCUT2D eigenvalue weighted by Gasteiger charge is 2.50. The van der Waals surface area contributed by atoms with Crippen molar-refractivity contribution in [3.63, 3.8) is 0 Å². The quantitative estimate of drug-likeness (QED) is 0.715. The molecular formula is C22H28BrN3O2. The Morgan fingerprint density at radius 3 is 2.43 bits per heavy atom. The summed E-state index contributed by atoms with van der Waals surface area (Å²) in [6, 6.07) is 3.66. The Balaban J connectivity index is 1.22. The summed E-state index contributed by atoms with van der Waals surface area (Å²) in [6.07, 6.45) is 8.19. The zero-order chi connectivity index (χ0) is 19.5. The SMILES string of the molecule is Cc1nn(Cc2ccc(C(=O)NCC34CC5CC(CC(C5)C3)C4)o2)c(C)c1Br. The van der Waals surface area contributed by atoms with Gasteiger partial charge >= 0.3 is 0 Å². The van der Waals surface area contributed by atoms with Crippen molar-refractivity contribution in [1.29, 1.82) is 0 Å². The molecule has 0 spiro atoms. The third kappa shape index (κ3) is 3.23. The van der Waals surface area contributed by atoms with E-state index in [4.69, 9.17) is 4.42 Å². The Morgan fingerprint density at radius 2 is 1.86 bits per heavy atom. The molecule has 0 atom stereocenters. The number of hydrogen-bond acceptors (Lipinski definition) is 3. The maximum atomic E-state index is 12.7. The molecule has 0 aromatic carbocycles. The number of halogens is 1. The smallest absolute Gasteiger partial charge is 0.287 e. The van der Waals surface area contributed by atoms with Gasteiger partial charge in [-0.15, -0.1) is 0 Å². The Morgan fingerprint density at radius 1 is 1.21 bits per heavy atom. The predicted molar refractivity (Wildman–Crippen MR) is 110 cm³/mol. The molecule has 28 heavy (non-hydrogen) atoms. The lowest BCUT2D eigenvalue weighted by atomic mass is 9.49. The number of carbonyl (C=O) groups is 1. The van der Waals surface area contributed by atoms with Crippen LogP contribution in [0.4, 0.5) is 0 Å². The van der Waals surface area contributed by atoms with E-state index in [0.717, 1.165) is 45.9 Å². The van der Waals surface area contributed by atoms with Crippen LogP contribution in [0.25, 0.3) is 0 Å². The summed E-state index contributed by atoms with van der Waals surface area (Å²) in [7, 11) is 0. The van der Waals surface area contributed by atoms with Crippen molar-refractivity contribution in [2.24, 2.45) is 23.2 Å². The second kappa shape index (κ2) is 6.75. The van der Waals surface area contributed by atoms with Gasteiger partial charge in [-0.3, -0.25) is 9.48 Å². The number of amides is 1. The average molecular weight is 446 g/mol. The largest absolute Gasteiger partial charge is 0.454 e. The maximum Gasteiger partial charge on any atom is 0.287 e. The zero-order valence-corrected chi connectivity index (χ0v) is 18.2. The van der Waals surface area contributed by atoms with Crippen molar-refractivity contribution in [1.82, 2.24) is 15.1 Å². The third-order valence-electron chi connectivity index (χ3n) is 7.27. The number of nitrogens with zero attached hydrogens (tertiary/aromatic N) is 2. The molecule has 4 bridgehead atoms. The van der Waals surface area contributed by atoms with E-state index < -0.39 is 0 Å². The van der Waals surface area contributed by atoms with Crippen LogP contribution in [0.15, 0.2) is 21.0 Å². The van der Waals surface area contributed by atoms with Gasteiger partial charge in [0.1, 0.15) is 5.76 Å². The van der Waals surface area contributed by atoms with Gasteiger partial charge in [0.05, 0.1) is 22.4 Å². The first-order chi connectivity index (χ1) is 13.4. The van der Waals surface area contributed by atoms with Crippen LogP contribution >= 0.6 is 15.9 Å². The van der Waals surface area contributed by atoms with Gasteiger partial charge in [-0.1, -0.05) is 0 Å². The number of aromatic nitrogens is 2. The molecule has 1 amide bonds. The second-order valence-corrected chi connectivity index (χ2v) is 10.3. The molecule has 0 aliphatic heterocycles. The van der Waals surface area contributed by atoms with Gasteiger partial charge in [0.2, 0.25) is 0 Å². The molecule has 6 rings (SSSR count). The molecule has 4 saturated carbocycles. The number of nitrogens with one attached hydrogen (secondary N) is 1. The molecule has 2 aromatic rings. The van der Waals surface area contributed by atoms with Crippen LogP contribution < -0.4 is 5.32 Å². The van der Waals surface area contributed by atoms with E-state index in [1.54, 1.807) is 6.07 Å². The van der Waals surface area contributed by atoms with E-state index in [2.05, 4.69) is 26.3 Å². The van der Waals surface area contributed by atoms with Crippen LogP contribution in [-0.2, 0) is 6.54 Å². The summed E-state index contributed by atoms with van der Waals surface area (Å²) in [6.45, 7) is 5.32. The molecule has 1 N–H and O–H groups in total. The van der Waals surface area contributed by atoms with Gasteiger partial charge in [-0.05, 0) is 104 Å². The van der Waals surface area contributed by atoms with Gasteiger partial charge in [0.15, 0.2) is 5.76 Å². The first-order valence-electron chi connectivity index (χ1n) is 10.5. The summed E-state index contributed by atoms with van der Waals surface area (Å²) < 4.78 is 8.76. The van der Waals surface area contributed by atoms with Gasteiger partial charge in [-0.2, -0.15) is 5.10 Å². The molecule has 4 fully saturated rings. The first-order valence-corrected chi connectivity index (χ1v) is 11.3. The highest BCUT2D eigenvalue weighted by atomic mass is 79.9. The molecular weight excluding hydrogens is 418 g/mol. The molecule has 4 aliphatic carbocycles. The molecule has 0 radical (unpaired) electrons. The summed E-state index contributed by atoms with van der Waals surface area (Å²) in [5, 5.41) is 7.71. The topological polar surface area (TPSA) is 60.1 Å². The molecule has 2 heterocycles. The molecule has 0 saturated heterocycles. The summed E-state index contributed by atoms with van der Waals surface area (Å²) in [4.78, 5) is 12.7. The fourth-order valence-electron chi connectivity index (χ4n) is 6.42. The van der Waals surface area contributed by atoms with Crippen LogP contribution in [0, 0.1) is 37.0 Å². The standard InChI is InChI=1S/C22H28BrN3O2/c1-13-20(23)14(2)26(25-13)11-18-3-4-19(28-18)21(27)24-12-22-8-15-5-16(9-22)7-17(6-15)10-22/h3-4,15-17H,5-12H2,1-2H3,(H,24,27). The average Bonchev–Trinajstić information content (AvgIpc) is 3.20. The van der Waals surface area contributed by atoms with Crippen molar-refractivity contribution in [2.75, 3.05) is 6.54 Å². The molecule has 4 aliphatic rings. The summed E-state index contributed by atoms with van der Waals surface area (Å²) >= 11 is 3.55. The fourth-order valence-corrected chi connectivity index (χ4v) is 6.71. The van der Waals surface area contributed by atoms with Crippen molar-refractivity contribution >= 4 is 21.8 Å². The van der Waals surface area contributed by atoms with Crippen LogP contribution in [0.5, 0.6) is 0 Å². The monoisotopic (exact) mass is 445 g/mol. The lowest BCUT2D eigenvalue weighted by Gasteiger charge is -2.56. The highest BCUT2D eigenvalue weighted by molar-refractivity contribution is 9.10. The number of aryl methyl sites for hydroxylation is 1. The maximum absolute atomic E-state index is 12.7. The number of carbonyl (C=O) groups excluding carboxylic acids is 1. The fraction of sp³-hybridized carbons (Fsp3) is 0.636. The van der Waals surface area contributed by atoms with Gasteiger partial charge < -0.3 is 9.73 Å². The van der Waals surface area contributed by atoms with E-state index in [-0.39, 0.29) is 5.91 Å². The zero-order valence-electron chi connectivity index (χ0n) is 16.6. The minimum atomic E-state index is -0.0865.